The molecule has 0 spiro atoms. The summed E-state index contributed by atoms with van der Waals surface area (Å²) in [6, 6.07) is 10.5. The number of para-hydroxylation sites is 1. The molecule has 0 saturated carbocycles. The van der Waals surface area contributed by atoms with Crippen molar-refractivity contribution in [1.29, 1.82) is 0 Å². The van der Waals surface area contributed by atoms with Crippen LogP contribution in [0.4, 0.5) is 0 Å². The molecule has 6 amide bonds. The summed E-state index contributed by atoms with van der Waals surface area (Å²) in [5.74, 6) is -10.6. The van der Waals surface area contributed by atoms with E-state index in [0.717, 1.165) is 0 Å². The maximum atomic E-state index is 14.2. The molecule has 4 aromatic rings. The molecule has 67 heavy (non-hydrogen) atoms. The molecule has 1 heterocycles. The monoisotopic (exact) mass is 968 g/mol. The van der Waals surface area contributed by atoms with Crippen LogP contribution >= 0.6 is 11.6 Å². The number of halogens is 1. The van der Waals surface area contributed by atoms with Gasteiger partial charge in [0.05, 0.1) is 17.9 Å². The second kappa shape index (κ2) is 24.2. The molecule has 12 N–H and O–H groups in total. The Hall–Kier alpha value is -7.37. The molecule has 1 unspecified atom stereocenters. The molecular weight excluding hydrogens is 920 g/mol. The van der Waals surface area contributed by atoms with Gasteiger partial charge in [-0.2, -0.15) is 4.72 Å². The Bertz CT molecular complexity index is 2610. The van der Waals surface area contributed by atoms with Gasteiger partial charge in [0.1, 0.15) is 30.2 Å². The first-order chi connectivity index (χ1) is 31.6. The van der Waals surface area contributed by atoms with Crippen LogP contribution in [0.1, 0.15) is 48.8 Å². The zero-order valence-corrected chi connectivity index (χ0v) is 37.3. The van der Waals surface area contributed by atoms with Crippen LogP contribution in [0.2, 0.25) is 5.02 Å². The number of carbonyl (C=O) groups is 9. The molecule has 5 atom stereocenters. The van der Waals surface area contributed by atoms with Gasteiger partial charge < -0.3 is 52.6 Å². The second-order valence-corrected chi connectivity index (χ2v) is 17.4. The summed E-state index contributed by atoms with van der Waals surface area (Å²) < 4.78 is 28.1. The number of sulfonamides is 1. The first kappa shape index (κ1) is 52.3. The topological polar surface area (TPSA) is 362 Å². The Morgan fingerprint density at radius 3 is 1.87 bits per heavy atom. The lowest BCUT2D eigenvalue weighted by atomic mass is 10.0. The van der Waals surface area contributed by atoms with Gasteiger partial charge in [0.25, 0.3) is 0 Å². The van der Waals surface area contributed by atoms with Crippen LogP contribution in [0.25, 0.3) is 10.9 Å². The number of aromatic nitrogens is 1. The fourth-order valence-electron chi connectivity index (χ4n) is 6.62. The van der Waals surface area contributed by atoms with E-state index in [1.165, 1.54) is 30.3 Å². The van der Waals surface area contributed by atoms with E-state index >= 15 is 0 Å². The minimum Gasteiger partial charge on any atom is -0.481 e. The van der Waals surface area contributed by atoms with Crippen LogP contribution in [0.3, 0.4) is 0 Å². The zero-order valence-electron chi connectivity index (χ0n) is 35.7. The van der Waals surface area contributed by atoms with Crippen LogP contribution in [-0.4, -0.2) is 119 Å². The van der Waals surface area contributed by atoms with Crippen LogP contribution < -0.4 is 37.0 Å². The smallest absolute Gasteiger partial charge is 0.305 e. The van der Waals surface area contributed by atoms with Gasteiger partial charge in [0.15, 0.2) is 0 Å². The Labute approximate surface area is 387 Å². The van der Waals surface area contributed by atoms with E-state index in [1.54, 1.807) is 55.6 Å². The predicted octanol–water partition coefficient (Wildman–Crippen LogP) is 0.00702. The van der Waals surface area contributed by atoms with Crippen molar-refractivity contribution < 1.29 is 66.9 Å². The number of amides is 6. The van der Waals surface area contributed by atoms with Crippen molar-refractivity contribution in [2.24, 2.45) is 5.73 Å². The molecular formula is C43H49ClN8O14S. The first-order valence-electron chi connectivity index (χ1n) is 20.4. The molecule has 358 valence electrons. The third-order valence-electron chi connectivity index (χ3n) is 10.0. The summed E-state index contributed by atoms with van der Waals surface area (Å²) >= 11 is 6.19. The van der Waals surface area contributed by atoms with Crippen LogP contribution in [-0.2, 0) is 66.0 Å². The zero-order chi connectivity index (χ0) is 49.4. The van der Waals surface area contributed by atoms with Crippen LogP contribution in [0.5, 0.6) is 0 Å². The van der Waals surface area contributed by atoms with E-state index < -0.39 is 126 Å². The number of aliphatic carboxylic acids is 3. The van der Waals surface area contributed by atoms with Crippen LogP contribution in [0.15, 0.2) is 83.9 Å². The molecule has 1 aromatic heterocycles. The fourth-order valence-corrected chi connectivity index (χ4v) is 8.03. The van der Waals surface area contributed by atoms with Crippen LogP contribution in [0, 0.1) is 6.92 Å². The molecule has 0 radical (unpaired) electrons. The van der Waals surface area contributed by atoms with Crippen molar-refractivity contribution in [3.63, 3.8) is 0 Å². The van der Waals surface area contributed by atoms with E-state index in [-0.39, 0.29) is 29.2 Å². The summed E-state index contributed by atoms with van der Waals surface area (Å²) in [5, 5.41) is 40.8. The Morgan fingerprint density at radius 1 is 0.672 bits per heavy atom. The lowest BCUT2D eigenvalue weighted by molar-refractivity contribution is -0.140. The van der Waals surface area contributed by atoms with Gasteiger partial charge in [-0.15, -0.1) is 0 Å². The number of aryl methyl sites for hydroxylation is 1. The molecule has 22 nitrogen and oxygen atoms in total. The fraction of sp³-hybridized carbons (Fsp3) is 0.326. The molecule has 0 aliphatic rings. The summed E-state index contributed by atoms with van der Waals surface area (Å²) in [7, 11) is -4.49. The number of fused-ring (bicyclic) bond motifs is 1. The number of H-pyrrole nitrogens is 1. The van der Waals surface area contributed by atoms with Gasteiger partial charge >= 0.3 is 17.9 Å². The van der Waals surface area contributed by atoms with Gasteiger partial charge in [0, 0.05) is 47.8 Å². The number of carbonyl (C=O) groups excluding carboxylic acids is 6. The second-order valence-electron chi connectivity index (χ2n) is 15.3. The SMILES string of the molecule is Cc1ccc(S(=O)(=O)N[C@H](CC(=O)O)C(=O)N[C@@H](CCC(=O)O)C(=O)NCC(=O)N[C@@H](Cc2cccc(Cl)c2)C(=O)NC(Cc2c[nH]c3ccccc23)C(=O)N[C@@H](CCC(=O)O)C(N)=O)cc1. The number of rotatable bonds is 26. The summed E-state index contributed by atoms with van der Waals surface area (Å²) in [4.78, 5) is 118. The Balaban J connectivity index is 1.55. The maximum absolute atomic E-state index is 14.2. The first-order valence-corrected chi connectivity index (χ1v) is 22.3. The molecule has 0 aliphatic carbocycles. The number of hydrogen-bond acceptors (Lipinski definition) is 11. The molecule has 0 bridgehead atoms. The van der Waals surface area contributed by atoms with Crippen molar-refractivity contribution in [3.8, 4) is 0 Å². The normalized spacial score (nSPS) is 13.5. The molecule has 0 fully saturated rings. The number of hydrogen-bond donors (Lipinski definition) is 11. The third kappa shape index (κ3) is 16.5. The van der Waals surface area contributed by atoms with E-state index in [2.05, 4.69) is 31.6 Å². The van der Waals surface area contributed by atoms with E-state index in [0.29, 0.717) is 27.6 Å². The van der Waals surface area contributed by atoms with E-state index in [4.69, 9.17) is 17.3 Å². The molecule has 0 aliphatic heterocycles. The highest BCUT2D eigenvalue weighted by atomic mass is 35.5. The Kier molecular flexibility index (Phi) is 18.9. The van der Waals surface area contributed by atoms with Gasteiger partial charge in [0.2, 0.25) is 45.5 Å². The minimum absolute atomic E-state index is 0.177. The number of primary amides is 1. The van der Waals surface area contributed by atoms with Gasteiger partial charge in [-0.3, -0.25) is 43.2 Å². The number of nitrogens with one attached hydrogen (secondary N) is 7. The highest BCUT2D eigenvalue weighted by Crippen LogP contribution is 2.20. The van der Waals surface area contributed by atoms with Crippen molar-refractivity contribution in [2.75, 3.05) is 6.54 Å². The number of carboxylic acid groups (broad SMARTS) is 3. The van der Waals surface area contributed by atoms with Crippen molar-refractivity contribution in [2.45, 2.75) is 87.0 Å². The highest BCUT2D eigenvalue weighted by molar-refractivity contribution is 7.89. The maximum Gasteiger partial charge on any atom is 0.305 e. The lowest BCUT2D eigenvalue weighted by Gasteiger charge is -2.25. The van der Waals surface area contributed by atoms with E-state index in [9.17, 15) is 66.9 Å². The van der Waals surface area contributed by atoms with Crippen molar-refractivity contribution in [3.05, 3.63) is 101 Å². The molecule has 3 aromatic carbocycles. The number of carboxylic acids is 3. The molecule has 24 heteroatoms. The third-order valence-corrected chi connectivity index (χ3v) is 11.8. The summed E-state index contributed by atoms with van der Waals surface area (Å²) in [5.41, 5.74) is 7.85. The summed E-state index contributed by atoms with van der Waals surface area (Å²) in [6.45, 7) is 0.804. The van der Waals surface area contributed by atoms with Crippen molar-refractivity contribution >= 4 is 85.9 Å². The van der Waals surface area contributed by atoms with Crippen molar-refractivity contribution in [1.82, 2.24) is 36.3 Å². The number of aromatic amines is 1. The standard InChI is InChI=1S/C43H49ClN8O14S/c1-23-9-11-27(12-10-23)67(65,66)52-34(20-38(58)59)43(64)50-31(14-16-37(56)57)40(61)47-22-35(53)48-32(18-24-5-4-6-26(44)17-24)41(62)51-33(19-25-21-46-29-8-3-2-7-28(25)29)42(63)49-30(39(45)60)13-15-36(54)55/h2-12,17,21,30-34,46,52H,13-16,18-20,22H2,1H3,(H2,45,60)(H,47,61)(H,48,53)(H,49,63)(H,50,64)(H,51,62)(H,54,55)(H,56,57)(H,58,59)/t30-,31-,32-,33?,34+/m0/s1. The minimum atomic E-state index is -4.49. The quantitative estimate of drug-likeness (QED) is 0.0395. The lowest BCUT2D eigenvalue weighted by Crippen LogP contribution is -2.58. The largest absolute Gasteiger partial charge is 0.481 e. The molecule has 4 rings (SSSR count). The predicted molar refractivity (Wildman–Crippen MR) is 238 cm³/mol. The molecule has 0 saturated heterocycles. The van der Waals surface area contributed by atoms with E-state index in [1.807, 2.05) is 4.72 Å². The highest BCUT2D eigenvalue weighted by Gasteiger charge is 2.33. The van der Waals surface area contributed by atoms with Gasteiger partial charge in [-0.1, -0.05) is 59.6 Å². The Morgan fingerprint density at radius 2 is 1.25 bits per heavy atom. The average molecular weight is 969 g/mol. The van der Waals surface area contributed by atoms with Gasteiger partial charge in [-0.05, 0) is 61.2 Å². The number of benzene rings is 3. The average Bonchev–Trinajstić information content (AvgIpc) is 3.66. The summed E-state index contributed by atoms with van der Waals surface area (Å²) in [6.07, 6.45) is -2.08. The van der Waals surface area contributed by atoms with Gasteiger partial charge in [-0.25, -0.2) is 8.42 Å². The number of nitrogens with two attached hydrogens (primary N) is 1.